The SMILES string of the molecule is Cc1cc(C(=O)c2cc(C(=O)c3ccc(O)cc3)cc(C(=O)c3ccc(O)cc3)c2)ccc1O. The van der Waals surface area contributed by atoms with Crippen LogP contribution in [0.5, 0.6) is 17.2 Å². The topological polar surface area (TPSA) is 112 Å². The number of benzene rings is 4. The molecule has 4 rings (SSSR count). The first-order valence-corrected chi connectivity index (χ1v) is 10.4. The molecule has 0 aliphatic heterocycles. The Bertz CT molecular complexity index is 1340. The normalized spacial score (nSPS) is 10.6. The monoisotopic (exact) mass is 452 g/mol. The van der Waals surface area contributed by atoms with Crippen LogP contribution in [0.3, 0.4) is 0 Å². The molecule has 6 nitrogen and oxygen atoms in total. The van der Waals surface area contributed by atoms with Gasteiger partial charge in [-0.15, -0.1) is 0 Å². The Morgan fingerprint density at radius 3 is 1.21 bits per heavy atom. The second-order valence-corrected chi connectivity index (χ2v) is 7.88. The summed E-state index contributed by atoms with van der Waals surface area (Å²) in [5.74, 6) is -1.19. The van der Waals surface area contributed by atoms with Gasteiger partial charge in [-0.3, -0.25) is 14.4 Å². The van der Waals surface area contributed by atoms with E-state index in [1.54, 1.807) is 6.92 Å². The van der Waals surface area contributed by atoms with Crippen LogP contribution in [0.4, 0.5) is 0 Å². The van der Waals surface area contributed by atoms with Gasteiger partial charge in [-0.05, 0) is 97.4 Å². The summed E-state index contributed by atoms with van der Waals surface area (Å²) in [5.41, 5.74) is 1.78. The molecule has 0 aromatic heterocycles. The molecule has 168 valence electrons. The molecule has 0 saturated carbocycles. The van der Waals surface area contributed by atoms with Crippen LogP contribution < -0.4 is 0 Å². The number of aromatic hydroxyl groups is 3. The van der Waals surface area contributed by atoms with E-state index >= 15 is 0 Å². The quantitative estimate of drug-likeness (QED) is 0.362. The Balaban J connectivity index is 1.82. The smallest absolute Gasteiger partial charge is 0.193 e. The van der Waals surface area contributed by atoms with Crippen molar-refractivity contribution in [1.82, 2.24) is 0 Å². The lowest BCUT2D eigenvalue weighted by Crippen LogP contribution is -2.10. The molecule has 4 aromatic carbocycles. The van der Waals surface area contributed by atoms with Gasteiger partial charge in [0.05, 0.1) is 0 Å². The van der Waals surface area contributed by atoms with E-state index in [1.165, 1.54) is 84.9 Å². The van der Waals surface area contributed by atoms with E-state index < -0.39 is 17.3 Å². The highest BCUT2D eigenvalue weighted by atomic mass is 16.3. The van der Waals surface area contributed by atoms with Crippen molar-refractivity contribution in [3.63, 3.8) is 0 Å². The summed E-state index contributed by atoms with van der Waals surface area (Å²) in [6.45, 7) is 1.66. The van der Waals surface area contributed by atoms with E-state index in [4.69, 9.17) is 0 Å². The second kappa shape index (κ2) is 9.03. The molecule has 0 saturated heterocycles. The first-order chi connectivity index (χ1) is 16.2. The molecule has 0 atom stereocenters. The van der Waals surface area contributed by atoms with Crippen LogP contribution in [0.2, 0.25) is 0 Å². The average molecular weight is 452 g/mol. The van der Waals surface area contributed by atoms with Crippen LogP contribution in [0.1, 0.15) is 53.3 Å². The van der Waals surface area contributed by atoms with Crippen LogP contribution in [0.25, 0.3) is 0 Å². The van der Waals surface area contributed by atoms with Crippen molar-refractivity contribution in [3.8, 4) is 17.2 Å². The van der Waals surface area contributed by atoms with Gasteiger partial charge in [0.15, 0.2) is 17.3 Å². The number of phenols is 3. The van der Waals surface area contributed by atoms with Crippen molar-refractivity contribution in [1.29, 1.82) is 0 Å². The Morgan fingerprint density at radius 1 is 0.471 bits per heavy atom. The summed E-state index contributed by atoms with van der Waals surface area (Å²) in [6.07, 6.45) is 0. The number of rotatable bonds is 6. The fraction of sp³-hybridized carbons (Fsp3) is 0.0357. The molecular formula is C28H20O6. The molecule has 0 amide bonds. The van der Waals surface area contributed by atoms with Gasteiger partial charge in [0.1, 0.15) is 17.2 Å². The van der Waals surface area contributed by atoms with Gasteiger partial charge in [-0.2, -0.15) is 0 Å². The first kappa shape index (κ1) is 22.5. The third-order valence-corrected chi connectivity index (χ3v) is 5.44. The molecule has 0 spiro atoms. The molecular weight excluding hydrogens is 432 g/mol. The number of phenolic OH excluding ortho intramolecular Hbond substituents is 3. The van der Waals surface area contributed by atoms with Crippen molar-refractivity contribution in [2.75, 3.05) is 0 Å². The lowest BCUT2D eigenvalue weighted by atomic mass is 9.92. The molecule has 0 aliphatic carbocycles. The molecule has 4 aromatic rings. The summed E-state index contributed by atoms with van der Waals surface area (Å²) in [5, 5.41) is 28.8. The fourth-order valence-corrected chi connectivity index (χ4v) is 3.54. The molecule has 0 bridgehead atoms. The summed E-state index contributed by atoms with van der Waals surface area (Å²) in [6, 6.07) is 20.0. The number of carbonyl (C=O) groups is 3. The zero-order valence-electron chi connectivity index (χ0n) is 18.1. The molecule has 0 fully saturated rings. The van der Waals surface area contributed by atoms with Gasteiger partial charge < -0.3 is 15.3 Å². The number of hydrogen-bond donors (Lipinski definition) is 3. The molecule has 0 aliphatic rings. The summed E-state index contributed by atoms with van der Waals surface area (Å²) in [7, 11) is 0. The average Bonchev–Trinajstić information content (AvgIpc) is 2.85. The lowest BCUT2D eigenvalue weighted by molar-refractivity contribution is 0.103. The van der Waals surface area contributed by atoms with Gasteiger partial charge in [-0.25, -0.2) is 0 Å². The van der Waals surface area contributed by atoms with Crippen molar-refractivity contribution < 1.29 is 29.7 Å². The predicted molar refractivity (Wildman–Crippen MR) is 126 cm³/mol. The summed E-state index contributed by atoms with van der Waals surface area (Å²) in [4.78, 5) is 39.6. The Hall–Kier alpha value is -4.71. The highest BCUT2D eigenvalue weighted by Crippen LogP contribution is 2.24. The predicted octanol–water partition coefficient (Wildman–Crippen LogP) is 4.80. The Labute approximate surface area is 195 Å². The standard InChI is InChI=1S/C28H20O6/c1-16-12-19(6-11-25(16)31)28(34)22-14-20(26(32)17-2-7-23(29)8-3-17)13-21(15-22)27(33)18-4-9-24(30)10-5-18/h2-15,29-31H,1H3. The van der Waals surface area contributed by atoms with Crippen LogP contribution in [0, 0.1) is 6.92 Å². The number of ketones is 3. The van der Waals surface area contributed by atoms with Crippen molar-refractivity contribution in [3.05, 3.63) is 124 Å². The minimum Gasteiger partial charge on any atom is -0.508 e. The number of aryl methyl sites for hydroxylation is 1. The second-order valence-electron chi connectivity index (χ2n) is 7.88. The molecule has 6 heteroatoms. The van der Waals surface area contributed by atoms with E-state index in [9.17, 15) is 29.7 Å². The van der Waals surface area contributed by atoms with E-state index in [0.717, 1.165) is 0 Å². The van der Waals surface area contributed by atoms with Crippen LogP contribution >= 0.6 is 0 Å². The molecule has 3 N–H and O–H groups in total. The molecule has 34 heavy (non-hydrogen) atoms. The van der Waals surface area contributed by atoms with Gasteiger partial charge in [0, 0.05) is 33.4 Å². The number of carbonyl (C=O) groups excluding carboxylic acids is 3. The Morgan fingerprint density at radius 2 is 0.824 bits per heavy atom. The van der Waals surface area contributed by atoms with Crippen molar-refractivity contribution in [2.24, 2.45) is 0 Å². The Kier molecular flexibility index (Phi) is 5.97. The molecule has 0 heterocycles. The third kappa shape index (κ3) is 4.56. The summed E-state index contributed by atoms with van der Waals surface area (Å²) < 4.78 is 0. The zero-order chi connectivity index (χ0) is 24.4. The maximum absolute atomic E-state index is 13.3. The van der Waals surface area contributed by atoms with Gasteiger partial charge >= 0.3 is 0 Å². The third-order valence-electron chi connectivity index (χ3n) is 5.44. The number of hydrogen-bond acceptors (Lipinski definition) is 6. The molecule has 0 unspecified atom stereocenters. The van der Waals surface area contributed by atoms with Crippen LogP contribution in [-0.2, 0) is 0 Å². The van der Waals surface area contributed by atoms with Crippen LogP contribution in [-0.4, -0.2) is 32.7 Å². The van der Waals surface area contributed by atoms with Crippen LogP contribution in [0.15, 0.2) is 84.9 Å². The molecule has 0 radical (unpaired) electrons. The first-order valence-electron chi connectivity index (χ1n) is 10.4. The zero-order valence-corrected chi connectivity index (χ0v) is 18.1. The van der Waals surface area contributed by atoms with Crippen molar-refractivity contribution in [2.45, 2.75) is 6.92 Å². The van der Waals surface area contributed by atoms with E-state index in [0.29, 0.717) is 11.1 Å². The lowest BCUT2D eigenvalue weighted by Gasteiger charge is -2.10. The maximum Gasteiger partial charge on any atom is 0.193 e. The highest BCUT2D eigenvalue weighted by molar-refractivity contribution is 6.17. The van der Waals surface area contributed by atoms with Gasteiger partial charge in [-0.1, -0.05) is 0 Å². The fourth-order valence-electron chi connectivity index (χ4n) is 3.54. The highest BCUT2D eigenvalue weighted by Gasteiger charge is 2.20. The largest absolute Gasteiger partial charge is 0.508 e. The minimum atomic E-state index is -0.420. The van der Waals surface area contributed by atoms with E-state index in [-0.39, 0.29) is 45.1 Å². The minimum absolute atomic E-state index is 0.00590. The van der Waals surface area contributed by atoms with E-state index in [1.807, 2.05) is 0 Å². The summed E-state index contributed by atoms with van der Waals surface area (Å²) >= 11 is 0. The van der Waals surface area contributed by atoms with E-state index in [2.05, 4.69) is 0 Å². The maximum atomic E-state index is 13.3. The van der Waals surface area contributed by atoms with Gasteiger partial charge in [0.25, 0.3) is 0 Å². The van der Waals surface area contributed by atoms with Crippen molar-refractivity contribution >= 4 is 17.3 Å². The van der Waals surface area contributed by atoms with Gasteiger partial charge in [0.2, 0.25) is 0 Å².